The smallest absolute Gasteiger partial charge is 0.176 e. The van der Waals surface area contributed by atoms with Crippen LogP contribution in [0.5, 0.6) is 5.75 Å². The minimum absolute atomic E-state index is 0.00558. The molecule has 0 atom stereocenters. The molecule has 19 heavy (non-hydrogen) atoms. The van der Waals surface area contributed by atoms with Gasteiger partial charge in [-0.3, -0.25) is 4.79 Å². The van der Waals surface area contributed by atoms with E-state index in [9.17, 15) is 4.79 Å². The summed E-state index contributed by atoms with van der Waals surface area (Å²) in [5, 5.41) is 17.2. The van der Waals surface area contributed by atoms with Crippen LogP contribution in [0.15, 0.2) is 58.8 Å². The van der Waals surface area contributed by atoms with Crippen LogP contribution in [0.1, 0.15) is 10.4 Å². The van der Waals surface area contributed by atoms with Crippen LogP contribution < -0.4 is 5.73 Å². The number of phenolic OH excluding ortho intramolecular Hbond substituents is 1. The molecule has 0 aliphatic rings. The van der Waals surface area contributed by atoms with Gasteiger partial charge >= 0.3 is 0 Å². The van der Waals surface area contributed by atoms with Gasteiger partial charge in [0.05, 0.1) is 17.9 Å². The minimum Gasteiger partial charge on any atom is -0.508 e. The summed E-state index contributed by atoms with van der Waals surface area (Å²) in [7, 11) is 0. The van der Waals surface area contributed by atoms with Crippen molar-refractivity contribution in [1.29, 1.82) is 0 Å². The van der Waals surface area contributed by atoms with Crippen LogP contribution in [-0.2, 0) is 0 Å². The van der Waals surface area contributed by atoms with Gasteiger partial charge in [0.25, 0.3) is 0 Å². The van der Waals surface area contributed by atoms with Gasteiger partial charge in [-0.25, -0.2) is 0 Å². The fourth-order valence-corrected chi connectivity index (χ4v) is 1.47. The van der Waals surface area contributed by atoms with Crippen LogP contribution in [0.25, 0.3) is 0 Å². The first-order chi connectivity index (χ1) is 9.19. The van der Waals surface area contributed by atoms with Crippen molar-refractivity contribution in [2.75, 3.05) is 6.54 Å². The van der Waals surface area contributed by atoms with Gasteiger partial charge in [-0.15, -0.1) is 0 Å². The van der Waals surface area contributed by atoms with E-state index in [1.54, 1.807) is 36.4 Å². The third kappa shape index (κ3) is 3.46. The number of Topliss-reactive ketones (excluding diaryl/α,β-unsaturated/α-hetero) is 1. The predicted molar refractivity (Wildman–Crippen MR) is 72.1 cm³/mol. The third-order valence-corrected chi connectivity index (χ3v) is 2.51. The molecule has 0 unspecified atom stereocenters. The van der Waals surface area contributed by atoms with E-state index >= 15 is 0 Å². The zero-order valence-corrected chi connectivity index (χ0v) is 10.2. The zero-order valence-electron chi connectivity index (χ0n) is 10.2. The number of ketones is 1. The SMILES string of the molecule is NCC(=O)c1ccc(N=Nc2ccc(O)cc2)cc1. The Hall–Kier alpha value is -2.53. The first-order valence-corrected chi connectivity index (χ1v) is 5.73. The van der Waals surface area contributed by atoms with Crippen LogP contribution >= 0.6 is 0 Å². The average molecular weight is 255 g/mol. The lowest BCUT2D eigenvalue weighted by atomic mass is 10.1. The largest absolute Gasteiger partial charge is 0.508 e. The summed E-state index contributed by atoms with van der Waals surface area (Å²) in [5.74, 6) is 0.0747. The third-order valence-electron chi connectivity index (χ3n) is 2.51. The monoisotopic (exact) mass is 255 g/mol. The van der Waals surface area contributed by atoms with Gasteiger partial charge in [-0.1, -0.05) is 0 Å². The number of nitrogens with zero attached hydrogens (tertiary/aromatic N) is 2. The van der Waals surface area contributed by atoms with Gasteiger partial charge in [-0.05, 0) is 48.5 Å². The first-order valence-electron chi connectivity index (χ1n) is 5.73. The molecule has 2 aromatic rings. The summed E-state index contributed by atoms with van der Waals surface area (Å²) in [6.07, 6.45) is 0. The normalized spacial score (nSPS) is 10.8. The number of azo groups is 1. The van der Waals surface area contributed by atoms with E-state index in [2.05, 4.69) is 10.2 Å². The molecule has 0 saturated heterocycles. The van der Waals surface area contributed by atoms with Crippen molar-refractivity contribution in [1.82, 2.24) is 0 Å². The van der Waals surface area contributed by atoms with E-state index in [-0.39, 0.29) is 18.1 Å². The second-order valence-corrected chi connectivity index (χ2v) is 3.89. The molecule has 2 rings (SSSR count). The van der Waals surface area contributed by atoms with E-state index in [1.165, 1.54) is 12.1 Å². The van der Waals surface area contributed by atoms with Crippen molar-refractivity contribution in [3.63, 3.8) is 0 Å². The van der Waals surface area contributed by atoms with E-state index in [1.807, 2.05) is 0 Å². The van der Waals surface area contributed by atoms with E-state index in [0.29, 0.717) is 16.9 Å². The van der Waals surface area contributed by atoms with Crippen LogP contribution in [0.2, 0.25) is 0 Å². The average Bonchev–Trinajstić information content (AvgIpc) is 2.46. The molecule has 0 aromatic heterocycles. The highest BCUT2D eigenvalue weighted by Gasteiger charge is 2.02. The molecule has 0 aliphatic carbocycles. The lowest BCUT2D eigenvalue weighted by Gasteiger charge is -1.98. The highest BCUT2D eigenvalue weighted by atomic mass is 16.3. The summed E-state index contributed by atoms with van der Waals surface area (Å²) < 4.78 is 0. The molecule has 0 spiro atoms. The summed E-state index contributed by atoms with van der Waals surface area (Å²) in [4.78, 5) is 11.3. The lowest BCUT2D eigenvalue weighted by Crippen LogP contribution is -2.13. The molecule has 0 radical (unpaired) electrons. The number of carbonyl (C=O) groups is 1. The summed E-state index contributed by atoms with van der Waals surface area (Å²) in [6, 6.07) is 13.1. The highest BCUT2D eigenvalue weighted by Crippen LogP contribution is 2.20. The maximum Gasteiger partial charge on any atom is 0.176 e. The molecule has 0 aliphatic heterocycles. The molecule has 5 heteroatoms. The van der Waals surface area contributed by atoms with Gasteiger partial charge in [-0.2, -0.15) is 10.2 Å². The van der Waals surface area contributed by atoms with E-state index in [0.717, 1.165) is 0 Å². The maximum atomic E-state index is 11.3. The standard InChI is InChI=1S/C14H13N3O2/c15-9-14(19)10-1-3-11(4-2-10)16-17-12-5-7-13(18)8-6-12/h1-8,18H,9,15H2. The molecule has 2 aromatic carbocycles. The Bertz CT molecular complexity index is 589. The fourth-order valence-electron chi connectivity index (χ4n) is 1.47. The van der Waals surface area contributed by atoms with E-state index in [4.69, 9.17) is 10.8 Å². The van der Waals surface area contributed by atoms with Crippen LogP contribution in [0.4, 0.5) is 11.4 Å². The molecule has 96 valence electrons. The summed E-state index contributed by atoms with van der Waals surface area (Å²) >= 11 is 0. The van der Waals surface area contributed by atoms with E-state index < -0.39 is 0 Å². The number of rotatable bonds is 4. The molecule has 0 fully saturated rings. The Morgan fingerprint density at radius 3 is 1.89 bits per heavy atom. The van der Waals surface area contributed by atoms with Crippen molar-refractivity contribution in [2.45, 2.75) is 0 Å². The second-order valence-electron chi connectivity index (χ2n) is 3.89. The van der Waals surface area contributed by atoms with Crippen molar-refractivity contribution in [3.8, 4) is 5.75 Å². The lowest BCUT2D eigenvalue weighted by molar-refractivity contribution is 0.100. The molecular formula is C14H13N3O2. The van der Waals surface area contributed by atoms with Crippen molar-refractivity contribution in [2.24, 2.45) is 16.0 Å². The van der Waals surface area contributed by atoms with Crippen molar-refractivity contribution >= 4 is 17.2 Å². The Labute approximate surface area is 110 Å². The minimum atomic E-state index is -0.109. The van der Waals surface area contributed by atoms with Crippen LogP contribution in [0, 0.1) is 0 Å². The maximum absolute atomic E-state index is 11.3. The van der Waals surface area contributed by atoms with Crippen molar-refractivity contribution in [3.05, 3.63) is 54.1 Å². The summed E-state index contributed by atoms with van der Waals surface area (Å²) in [5.41, 5.74) is 7.12. The van der Waals surface area contributed by atoms with Gasteiger partial charge in [0.15, 0.2) is 5.78 Å². The summed E-state index contributed by atoms with van der Waals surface area (Å²) in [6.45, 7) is -0.00558. The number of aromatic hydroxyl groups is 1. The molecule has 0 bridgehead atoms. The predicted octanol–water partition coefficient (Wildman–Crippen LogP) is 2.95. The van der Waals surface area contributed by atoms with Gasteiger partial charge in [0.2, 0.25) is 0 Å². The molecule has 0 amide bonds. The van der Waals surface area contributed by atoms with Crippen LogP contribution in [-0.4, -0.2) is 17.4 Å². The number of benzene rings is 2. The Morgan fingerprint density at radius 1 is 0.947 bits per heavy atom. The van der Waals surface area contributed by atoms with Gasteiger partial charge in [0, 0.05) is 5.56 Å². The number of carbonyl (C=O) groups excluding carboxylic acids is 1. The number of nitrogens with two attached hydrogens (primary N) is 1. The first kappa shape index (κ1) is 12.9. The van der Waals surface area contributed by atoms with Gasteiger partial charge in [0.1, 0.15) is 5.75 Å². The molecule has 0 heterocycles. The number of hydrogen-bond acceptors (Lipinski definition) is 5. The van der Waals surface area contributed by atoms with Gasteiger partial charge < -0.3 is 10.8 Å². The quantitative estimate of drug-likeness (QED) is 0.650. The molecular weight excluding hydrogens is 242 g/mol. The van der Waals surface area contributed by atoms with Crippen LogP contribution in [0.3, 0.4) is 0 Å². The van der Waals surface area contributed by atoms with Crippen molar-refractivity contribution < 1.29 is 9.90 Å². The molecule has 0 saturated carbocycles. The molecule has 5 nitrogen and oxygen atoms in total. The number of hydrogen-bond donors (Lipinski definition) is 2. The number of phenols is 1. The Balaban J connectivity index is 2.11. The second kappa shape index (κ2) is 5.88. The molecule has 3 N–H and O–H groups in total. The Morgan fingerprint density at radius 2 is 1.42 bits per heavy atom. The fraction of sp³-hybridized carbons (Fsp3) is 0.0714. The Kier molecular flexibility index (Phi) is 4.00. The zero-order chi connectivity index (χ0) is 13.7. The topological polar surface area (TPSA) is 88.0 Å². The highest BCUT2D eigenvalue weighted by molar-refractivity contribution is 5.97.